The highest BCUT2D eigenvalue weighted by atomic mass is 16.5. The number of ether oxygens (including phenoxy) is 2. The van der Waals surface area contributed by atoms with Crippen LogP contribution in [0.5, 0.6) is 0 Å². The molecule has 0 saturated heterocycles. The summed E-state index contributed by atoms with van der Waals surface area (Å²) in [5.41, 5.74) is -0.0161. The Bertz CT molecular complexity index is 844. The molecule has 0 unspecified atom stereocenters. The molecule has 184 valence electrons. The van der Waals surface area contributed by atoms with Crippen LogP contribution in [0.2, 0.25) is 0 Å². The Morgan fingerprint density at radius 2 is 1.48 bits per heavy atom. The van der Waals surface area contributed by atoms with Crippen molar-refractivity contribution in [3.8, 4) is 0 Å². The largest absolute Gasteiger partial charge is 0.465 e. The summed E-state index contributed by atoms with van der Waals surface area (Å²) in [6, 6.07) is 7.56. The Hall–Kier alpha value is -2.21. The molecule has 0 aliphatic heterocycles. The lowest BCUT2D eigenvalue weighted by Crippen LogP contribution is -2.55. The van der Waals surface area contributed by atoms with Crippen molar-refractivity contribution in [3.05, 3.63) is 35.4 Å². The summed E-state index contributed by atoms with van der Waals surface area (Å²) in [4.78, 5) is 39.4. The normalized spacial score (nSPS) is 25.9. The van der Waals surface area contributed by atoms with Gasteiger partial charge in [0, 0.05) is 12.3 Å². The maximum Gasteiger partial charge on any atom is 0.317 e. The smallest absolute Gasteiger partial charge is 0.317 e. The third-order valence-electron chi connectivity index (χ3n) is 6.05. The first-order valence-corrected chi connectivity index (χ1v) is 11.8. The highest BCUT2D eigenvalue weighted by Gasteiger charge is 2.57. The fourth-order valence-corrected chi connectivity index (χ4v) is 4.30. The molecule has 6 nitrogen and oxygen atoms in total. The van der Waals surface area contributed by atoms with E-state index in [-0.39, 0.29) is 36.9 Å². The van der Waals surface area contributed by atoms with Gasteiger partial charge in [0.05, 0.1) is 24.7 Å². The van der Waals surface area contributed by atoms with Crippen molar-refractivity contribution in [1.29, 1.82) is 0 Å². The number of rotatable bonds is 7. The van der Waals surface area contributed by atoms with Crippen LogP contribution in [0, 0.1) is 23.7 Å². The predicted octanol–water partition coefficient (Wildman–Crippen LogP) is 4.42. The van der Waals surface area contributed by atoms with Crippen LogP contribution in [-0.4, -0.2) is 41.6 Å². The second kappa shape index (κ2) is 10.4. The second-order valence-electron chi connectivity index (χ2n) is 11.4. The lowest BCUT2D eigenvalue weighted by atomic mass is 9.61. The molecule has 0 amide bonds. The van der Waals surface area contributed by atoms with E-state index < -0.39 is 41.1 Å². The number of carbonyl (C=O) groups excluding carboxylic acids is 3. The average molecular weight is 461 g/mol. The van der Waals surface area contributed by atoms with E-state index in [0.717, 1.165) is 5.56 Å². The quantitative estimate of drug-likeness (QED) is 0.478. The molecule has 4 atom stereocenters. The van der Waals surface area contributed by atoms with Crippen LogP contribution >= 0.6 is 0 Å². The van der Waals surface area contributed by atoms with Gasteiger partial charge >= 0.3 is 11.9 Å². The van der Waals surface area contributed by atoms with Crippen LogP contribution in [0.25, 0.3) is 0 Å². The van der Waals surface area contributed by atoms with Crippen LogP contribution in [0.3, 0.4) is 0 Å². The molecule has 1 aromatic carbocycles. The predicted molar refractivity (Wildman–Crippen MR) is 127 cm³/mol. The number of Topliss-reactive ketones (excluding diaryl/α,β-unsaturated/α-hetero) is 1. The number of benzene rings is 1. The molecule has 0 aromatic heterocycles. The number of ketones is 1. The van der Waals surface area contributed by atoms with Crippen molar-refractivity contribution >= 4 is 17.7 Å². The Morgan fingerprint density at radius 3 is 1.94 bits per heavy atom. The summed E-state index contributed by atoms with van der Waals surface area (Å²) in [7, 11) is 0. The lowest BCUT2D eigenvalue weighted by molar-refractivity contribution is -0.173. The van der Waals surface area contributed by atoms with Crippen molar-refractivity contribution in [3.63, 3.8) is 0 Å². The average Bonchev–Trinajstić information content (AvgIpc) is 2.68. The van der Waals surface area contributed by atoms with E-state index in [2.05, 4.69) is 20.8 Å². The summed E-state index contributed by atoms with van der Waals surface area (Å²) < 4.78 is 11.0. The van der Waals surface area contributed by atoms with Gasteiger partial charge in [0.1, 0.15) is 5.92 Å². The molecule has 1 aliphatic carbocycles. The van der Waals surface area contributed by atoms with E-state index in [4.69, 9.17) is 9.47 Å². The van der Waals surface area contributed by atoms with E-state index in [0.29, 0.717) is 5.56 Å². The maximum atomic E-state index is 13.2. The molecule has 0 heterocycles. The Kier molecular flexibility index (Phi) is 8.50. The lowest BCUT2D eigenvalue weighted by Gasteiger charge is -2.43. The summed E-state index contributed by atoms with van der Waals surface area (Å²) in [5.74, 6) is -4.61. The van der Waals surface area contributed by atoms with Crippen molar-refractivity contribution in [2.45, 2.75) is 78.7 Å². The van der Waals surface area contributed by atoms with Gasteiger partial charge in [0.15, 0.2) is 5.78 Å². The molecule has 2 rings (SSSR count). The SMILES string of the molecule is CC(C)COC(=O)[C@H]1C(=O)C[C@](C)(O)[C@@H](C(=O)OCC(C)C)[C@@H]1c1ccc(C(C)(C)C)cc1. The molecule has 6 heteroatoms. The fourth-order valence-electron chi connectivity index (χ4n) is 4.30. The molecule has 0 radical (unpaired) electrons. The van der Waals surface area contributed by atoms with Crippen molar-refractivity contribution in [2.75, 3.05) is 13.2 Å². The van der Waals surface area contributed by atoms with Crippen molar-refractivity contribution in [1.82, 2.24) is 0 Å². The topological polar surface area (TPSA) is 89.9 Å². The molecule has 1 aromatic rings. The minimum Gasteiger partial charge on any atom is -0.465 e. The zero-order valence-electron chi connectivity index (χ0n) is 21.3. The second-order valence-corrected chi connectivity index (χ2v) is 11.4. The first-order chi connectivity index (χ1) is 15.1. The molecule has 1 aliphatic rings. The van der Waals surface area contributed by atoms with Crippen LogP contribution in [0.1, 0.15) is 78.9 Å². The van der Waals surface area contributed by atoms with E-state index >= 15 is 0 Å². The molecular formula is C27H40O6. The summed E-state index contributed by atoms with van der Waals surface area (Å²) in [5, 5.41) is 11.2. The van der Waals surface area contributed by atoms with Crippen LogP contribution in [-0.2, 0) is 29.3 Å². The molecular weight excluding hydrogens is 420 g/mol. The minimum atomic E-state index is -1.65. The van der Waals surface area contributed by atoms with E-state index in [1.807, 2.05) is 52.0 Å². The van der Waals surface area contributed by atoms with Crippen molar-refractivity contribution < 1.29 is 29.0 Å². The summed E-state index contributed by atoms with van der Waals surface area (Å²) in [6.07, 6.45) is -0.313. The van der Waals surface area contributed by atoms with Gasteiger partial charge in [-0.05, 0) is 35.3 Å². The van der Waals surface area contributed by atoms with E-state index in [9.17, 15) is 19.5 Å². The summed E-state index contributed by atoms with van der Waals surface area (Å²) >= 11 is 0. The van der Waals surface area contributed by atoms with Gasteiger partial charge < -0.3 is 14.6 Å². The monoisotopic (exact) mass is 460 g/mol. The van der Waals surface area contributed by atoms with Gasteiger partial charge in [-0.2, -0.15) is 0 Å². The number of esters is 2. The highest BCUT2D eigenvalue weighted by molar-refractivity contribution is 6.02. The highest BCUT2D eigenvalue weighted by Crippen LogP contribution is 2.47. The van der Waals surface area contributed by atoms with Crippen LogP contribution < -0.4 is 0 Å². The van der Waals surface area contributed by atoms with Gasteiger partial charge in [-0.25, -0.2) is 0 Å². The van der Waals surface area contributed by atoms with Gasteiger partial charge in [0.2, 0.25) is 0 Å². The van der Waals surface area contributed by atoms with Gasteiger partial charge in [0.25, 0.3) is 0 Å². The molecule has 0 spiro atoms. The standard InChI is InChI=1S/C27H40O6/c1-16(2)14-32-24(29)22-20(28)13-27(8,31)23(25(30)33-15-17(3)4)21(22)18-9-11-19(12-10-18)26(5,6)7/h9-12,16-17,21-23,31H,13-15H2,1-8H3/t21-,22+,23-,27+/m1/s1. The molecule has 1 N–H and O–H groups in total. The number of carbonyl (C=O) groups is 3. The number of aliphatic hydroxyl groups is 1. The Labute approximate surface area is 198 Å². The Morgan fingerprint density at radius 1 is 1.00 bits per heavy atom. The van der Waals surface area contributed by atoms with E-state index in [1.54, 1.807) is 0 Å². The molecule has 1 fully saturated rings. The first-order valence-electron chi connectivity index (χ1n) is 11.8. The van der Waals surface area contributed by atoms with Crippen LogP contribution in [0.15, 0.2) is 24.3 Å². The zero-order chi connectivity index (χ0) is 25.1. The molecule has 1 saturated carbocycles. The van der Waals surface area contributed by atoms with Crippen LogP contribution in [0.4, 0.5) is 0 Å². The Balaban J connectivity index is 2.56. The third-order valence-corrected chi connectivity index (χ3v) is 6.05. The van der Waals surface area contributed by atoms with Gasteiger partial charge in [-0.3, -0.25) is 14.4 Å². The molecule has 33 heavy (non-hydrogen) atoms. The summed E-state index contributed by atoms with van der Waals surface area (Å²) in [6.45, 7) is 15.8. The minimum absolute atomic E-state index is 0.0857. The third kappa shape index (κ3) is 6.66. The number of hydrogen-bond donors (Lipinski definition) is 1. The fraction of sp³-hybridized carbons (Fsp3) is 0.667. The maximum absolute atomic E-state index is 13.2. The van der Waals surface area contributed by atoms with Gasteiger partial charge in [-0.1, -0.05) is 72.7 Å². The van der Waals surface area contributed by atoms with Crippen molar-refractivity contribution in [2.24, 2.45) is 23.7 Å². The van der Waals surface area contributed by atoms with E-state index in [1.165, 1.54) is 6.92 Å². The van der Waals surface area contributed by atoms with Gasteiger partial charge in [-0.15, -0.1) is 0 Å². The zero-order valence-corrected chi connectivity index (χ0v) is 21.3. The molecule has 0 bridgehead atoms. The number of hydrogen-bond acceptors (Lipinski definition) is 6. The first kappa shape index (κ1) is 27.0.